The summed E-state index contributed by atoms with van der Waals surface area (Å²) in [5, 5.41) is 11.0. The summed E-state index contributed by atoms with van der Waals surface area (Å²) < 4.78 is 15.9. The number of rotatable bonds is 6. The van der Waals surface area contributed by atoms with Crippen molar-refractivity contribution in [2.24, 2.45) is 0 Å². The molecule has 0 bridgehead atoms. The molecule has 0 aliphatic heterocycles. The Labute approximate surface area is 159 Å². The zero-order valence-corrected chi connectivity index (χ0v) is 15.9. The van der Waals surface area contributed by atoms with E-state index in [0.29, 0.717) is 33.3 Å². The van der Waals surface area contributed by atoms with E-state index >= 15 is 0 Å². The number of amides is 1. The van der Waals surface area contributed by atoms with Gasteiger partial charge in [0.15, 0.2) is 0 Å². The number of aromatic nitrogens is 2. The van der Waals surface area contributed by atoms with Gasteiger partial charge in [-0.25, -0.2) is 0 Å². The highest BCUT2D eigenvalue weighted by atomic mass is 35.5. The molecule has 0 unspecified atom stereocenters. The van der Waals surface area contributed by atoms with Crippen LogP contribution in [0, 0.1) is 6.92 Å². The van der Waals surface area contributed by atoms with Crippen LogP contribution in [-0.4, -0.2) is 28.5 Å². The van der Waals surface area contributed by atoms with Crippen molar-refractivity contribution >= 4 is 35.0 Å². The van der Waals surface area contributed by atoms with Gasteiger partial charge in [0.05, 0.1) is 29.2 Å². The van der Waals surface area contributed by atoms with E-state index in [1.54, 1.807) is 37.5 Å². The number of halogens is 1. The van der Waals surface area contributed by atoms with Crippen LogP contribution in [0.1, 0.15) is 12.7 Å². The van der Waals surface area contributed by atoms with Gasteiger partial charge in [-0.2, -0.15) is 0 Å². The summed E-state index contributed by atoms with van der Waals surface area (Å²) in [4.78, 5) is 12.4. The Morgan fingerprint density at radius 2 is 2.15 bits per heavy atom. The highest BCUT2D eigenvalue weighted by Crippen LogP contribution is 2.30. The quantitative estimate of drug-likeness (QED) is 0.620. The molecule has 136 valence electrons. The molecule has 9 heteroatoms. The molecular formula is C17H16ClN3O4S. The molecule has 3 rings (SSSR count). The molecule has 1 N–H and O–H groups in total. The highest BCUT2D eigenvalue weighted by Gasteiger charge is 2.20. The van der Waals surface area contributed by atoms with Crippen molar-refractivity contribution < 1.29 is 18.4 Å². The summed E-state index contributed by atoms with van der Waals surface area (Å²) in [6.07, 6.45) is 1.55. The minimum Gasteiger partial charge on any atom is -0.495 e. The number of anilines is 1. The van der Waals surface area contributed by atoms with E-state index in [9.17, 15) is 4.79 Å². The fraction of sp³-hybridized carbons (Fsp3) is 0.235. The first-order valence-electron chi connectivity index (χ1n) is 7.67. The Kier molecular flexibility index (Phi) is 5.53. The van der Waals surface area contributed by atoms with Crippen molar-refractivity contribution in [3.8, 4) is 17.2 Å². The second-order valence-corrected chi connectivity index (χ2v) is 7.06. The summed E-state index contributed by atoms with van der Waals surface area (Å²) >= 11 is 7.23. The third kappa shape index (κ3) is 4.03. The third-order valence-corrected chi connectivity index (χ3v) is 4.79. The molecule has 0 aliphatic carbocycles. The Hall–Kier alpha value is -2.45. The maximum atomic E-state index is 12.4. The van der Waals surface area contributed by atoms with E-state index in [2.05, 4.69) is 15.5 Å². The molecule has 0 aliphatic rings. The van der Waals surface area contributed by atoms with E-state index in [4.69, 9.17) is 25.2 Å². The molecule has 0 saturated carbocycles. The highest BCUT2D eigenvalue weighted by molar-refractivity contribution is 8.00. The number of ether oxygens (including phenoxy) is 1. The fourth-order valence-corrected chi connectivity index (χ4v) is 3.11. The topological polar surface area (TPSA) is 90.4 Å². The summed E-state index contributed by atoms with van der Waals surface area (Å²) in [6.45, 7) is 3.56. The van der Waals surface area contributed by atoms with Crippen LogP contribution in [0.25, 0.3) is 11.5 Å². The van der Waals surface area contributed by atoms with Crippen molar-refractivity contribution in [3.63, 3.8) is 0 Å². The molecule has 0 radical (unpaired) electrons. The summed E-state index contributed by atoms with van der Waals surface area (Å²) in [7, 11) is 1.53. The van der Waals surface area contributed by atoms with Crippen molar-refractivity contribution in [1.29, 1.82) is 0 Å². The van der Waals surface area contributed by atoms with Crippen LogP contribution in [0.15, 0.2) is 44.6 Å². The zero-order valence-electron chi connectivity index (χ0n) is 14.3. The Morgan fingerprint density at radius 1 is 1.35 bits per heavy atom. The van der Waals surface area contributed by atoms with Gasteiger partial charge in [-0.05, 0) is 38.1 Å². The molecule has 7 nitrogen and oxygen atoms in total. The monoisotopic (exact) mass is 393 g/mol. The van der Waals surface area contributed by atoms with Crippen LogP contribution in [-0.2, 0) is 4.79 Å². The summed E-state index contributed by atoms with van der Waals surface area (Å²) in [6, 6.07) is 6.78. The van der Waals surface area contributed by atoms with Crippen molar-refractivity contribution in [3.05, 3.63) is 41.3 Å². The van der Waals surface area contributed by atoms with Gasteiger partial charge in [-0.1, -0.05) is 23.4 Å². The van der Waals surface area contributed by atoms with Crippen molar-refractivity contribution in [1.82, 2.24) is 10.2 Å². The van der Waals surface area contributed by atoms with E-state index in [1.165, 1.54) is 18.9 Å². The minimum absolute atomic E-state index is 0.213. The number of aryl methyl sites for hydroxylation is 1. The van der Waals surface area contributed by atoms with Crippen molar-refractivity contribution in [2.75, 3.05) is 12.4 Å². The second kappa shape index (κ2) is 7.84. The lowest BCUT2D eigenvalue weighted by Gasteiger charge is -2.11. The van der Waals surface area contributed by atoms with Crippen LogP contribution in [0.3, 0.4) is 0 Å². The van der Waals surface area contributed by atoms with E-state index < -0.39 is 5.25 Å². The summed E-state index contributed by atoms with van der Waals surface area (Å²) in [5.41, 5.74) is 1.31. The van der Waals surface area contributed by atoms with Gasteiger partial charge in [-0.3, -0.25) is 4.79 Å². The number of nitrogens with one attached hydrogen (secondary N) is 1. The smallest absolute Gasteiger partial charge is 0.277 e. The normalized spacial score (nSPS) is 12.0. The van der Waals surface area contributed by atoms with Crippen LogP contribution >= 0.6 is 23.4 Å². The molecule has 0 spiro atoms. The van der Waals surface area contributed by atoms with E-state index in [0.717, 1.165) is 5.56 Å². The van der Waals surface area contributed by atoms with E-state index in [1.807, 2.05) is 6.92 Å². The molecule has 0 fully saturated rings. The summed E-state index contributed by atoms with van der Waals surface area (Å²) in [5.74, 6) is 1.37. The van der Waals surface area contributed by atoms with Gasteiger partial charge < -0.3 is 18.9 Å². The molecule has 1 amide bonds. The Morgan fingerprint density at radius 3 is 2.81 bits per heavy atom. The third-order valence-electron chi connectivity index (χ3n) is 3.56. The largest absolute Gasteiger partial charge is 0.495 e. The lowest BCUT2D eigenvalue weighted by atomic mass is 10.3. The number of carbonyl (C=O) groups is 1. The average Bonchev–Trinajstić information content (AvgIpc) is 3.23. The second-order valence-electron chi connectivity index (χ2n) is 5.36. The van der Waals surface area contributed by atoms with Crippen LogP contribution in [0.2, 0.25) is 5.02 Å². The molecule has 1 atom stereocenters. The maximum absolute atomic E-state index is 12.4. The van der Waals surface area contributed by atoms with Gasteiger partial charge in [0.25, 0.3) is 11.1 Å². The van der Waals surface area contributed by atoms with Crippen LogP contribution in [0.5, 0.6) is 5.75 Å². The van der Waals surface area contributed by atoms with Crippen LogP contribution in [0.4, 0.5) is 5.69 Å². The molecule has 3 aromatic rings. The first-order chi connectivity index (χ1) is 12.5. The average molecular weight is 394 g/mol. The number of benzene rings is 1. The number of nitrogens with zero attached hydrogens (tertiary/aromatic N) is 2. The first kappa shape index (κ1) is 18.3. The number of methoxy groups -OCH3 is 1. The lowest BCUT2D eigenvalue weighted by Crippen LogP contribution is -2.22. The molecule has 26 heavy (non-hydrogen) atoms. The van der Waals surface area contributed by atoms with Gasteiger partial charge in [0, 0.05) is 5.69 Å². The number of furan rings is 1. The lowest BCUT2D eigenvalue weighted by molar-refractivity contribution is -0.115. The van der Waals surface area contributed by atoms with Gasteiger partial charge in [0.1, 0.15) is 11.5 Å². The number of thioether (sulfide) groups is 1. The standard InChI is InChI=1S/C17H16ClN3O4S/c1-9-12(6-7-24-9)16-20-21-17(25-16)26-10(2)15(22)19-11-4-5-14(23-3)13(18)8-11/h4-8,10H,1-3H3,(H,19,22)/t10-/m0/s1. The molecule has 2 aromatic heterocycles. The fourth-order valence-electron chi connectivity index (χ4n) is 2.17. The number of carbonyl (C=O) groups excluding carboxylic acids is 1. The molecule has 1 aromatic carbocycles. The van der Waals surface area contributed by atoms with Crippen molar-refractivity contribution in [2.45, 2.75) is 24.3 Å². The maximum Gasteiger partial charge on any atom is 0.277 e. The Balaban J connectivity index is 1.63. The van der Waals surface area contributed by atoms with Gasteiger partial charge in [-0.15, -0.1) is 10.2 Å². The van der Waals surface area contributed by atoms with Crippen LogP contribution < -0.4 is 10.1 Å². The number of hydrogen-bond acceptors (Lipinski definition) is 7. The molecular weight excluding hydrogens is 378 g/mol. The Bertz CT molecular complexity index is 924. The molecule has 0 saturated heterocycles. The SMILES string of the molecule is COc1ccc(NC(=O)[C@H](C)Sc2nnc(-c3ccoc3C)o2)cc1Cl. The first-order valence-corrected chi connectivity index (χ1v) is 8.92. The zero-order chi connectivity index (χ0) is 18.7. The number of hydrogen-bond donors (Lipinski definition) is 1. The molecule has 2 heterocycles. The predicted molar refractivity (Wildman–Crippen MR) is 98.7 cm³/mol. The minimum atomic E-state index is -0.449. The van der Waals surface area contributed by atoms with E-state index in [-0.39, 0.29) is 5.91 Å². The predicted octanol–water partition coefficient (Wildman–Crippen LogP) is 4.42. The van der Waals surface area contributed by atoms with Gasteiger partial charge in [0.2, 0.25) is 5.91 Å². The van der Waals surface area contributed by atoms with Gasteiger partial charge >= 0.3 is 0 Å².